The van der Waals surface area contributed by atoms with E-state index >= 15 is 0 Å². The molecule has 0 aromatic heterocycles. The molecule has 0 saturated carbocycles. The zero-order valence-corrected chi connectivity index (χ0v) is 18.4. The zero-order valence-electron chi connectivity index (χ0n) is 17.7. The molecule has 2 aromatic carbocycles. The van der Waals surface area contributed by atoms with Gasteiger partial charge in [0.15, 0.2) is 5.78 Å². The number of carbonyl (C=O) groups is 2. The van der Waals surface area contributed by atoms with Crippen molar-refractivity contribution in [2.45, 2.75) is 57.7 Å². The van der Waals surface area contributed by atoms with Crippen LogP contribution in [0.3, 0.4) is 0 Å². The molecule has 6 heteroatoms. The van der Waals surface area contributed by atoms with Gasteiger partial charge in [0.25, 0.3) is 5.91 Å². The number of nitriles is 1. The monoisotopic (exact) mass is 436 g/mol. The molecule has 4 rings (SSSR count). The highest BCUT2D eigenvalue weighted by Gasteiger charge is 2.44. The number of ketones is 1. The molecular weight excluding hydrogens is 412 g/mol. The average Bonchev–Trinajstić information content (AvgIpc) is 3.03. The fraction of sp³-hybridized carbons (Fsp3) is 0.400. The minimum atomic E-state index is -0.0672. The van der Waals surface area contributed by atoms with Gasteiger partial charge >= 0.3 is 0 Å². The van der Waals surface area contributed by atoms with Crippen molar-refractivity contribution in [2.75, 3.05) is 0 Å². The van der Waals surface area contributed by atoms with E-state index in [2.05, 4.69) is 0 Å². The molecule has 31 heavy (non-hydrogen) atoms. The Labute approximate surface area is 187 Å². The second-order valence-electron chi connectivity index (χ2n) is 8.66. The van der Waals surface area contributed by atoms with Crippen molar-refractivity contribution in [1.29, 1.82) is 5.26 Å². The van der Waals surface area contributed by atoms with Gasteiger partial charge in [0.2, 0.25) is 0 Å². The quantitative estimate of drug-likeness (QED) is 0.599. The van der Waals surface area contributed by atoms with Gasteiger partial charge in [0.1, 0.15) is 17.9 Å². The maximum atomic E-state index is 13.2. The molecule has 5 nitrogen and oxygen atoms in total. The molecule has 2 heterocycles. The number of Topliss-reactive ketones (excluding diaryl/α,β-unsaturated/α-hetero) is 1. The fourth-order valence-corrected chi connectivity index (χ4v) is 4.88. The molecule has 0 N–H and O–H groups in total. The van der Waals surface area contributed by atoms with Gasteiger partial charge in [0.05, 0.1) is 10.6 Å². The van der Waals surface area contributed by atoms with E-state index in [1.165, 1.54) is 0 Å². The Morgan fingerprint density at radius 1 is 1.06 bits per heavy atom. The summed E-state index contributed by atoms with van der Waals surface area (Å²) in [5, 5.41) is 9.40. The minimum absolute atomic E-state index is 0.0107. The molecule has 2 saturated heterocycles. The summed E-state index contributed by atoms with van der Waals surface area (Å²) in [4.78, 5) is 27.4. The second kappa shape index (κ2) is 8.72. The molecule has 2 atom stereocenters. The van der Waals surface area contributed by atoms with Gasteiger partial charge in [0, 0.05) is 48.0 Å². The first-order valence-electron chi connectivity index (χ1n) is 10.7. The zero-order chi connectivity index (χ0) is 22.1. The van der Waals surface area contributed by atoms with E-state index in [-0.39, 0.29) is 35.8 Å². The Morgan fingerprint density at radius 3 is 2.23 bits per heavy atom. The van der Waals surface area contributed by atoms with Gasteiger partial charge in [-0.25, -0.2) is 0 Å². The summed E-state index contributed by atoms with van der Waals surface area (Å²) in [7, 11) is 0. The highest BCUT2D eigenvalue weighted by Crippen LogP contribution is 2.38. The summed E-state index contributed by atoms with van der Waals surface area (Å²) in [6.45, 7) is 3.74. The van der Waals surface area contributed by atoms with Gasteiger partial charge in [-0.1, -0.05) is 37.6 Å². The molecule has 160 valence electrons. The van der Waals surface area contributed by atoms with E-state index in [0.29, 0.717) is 27.5 Å². The Bertz CT molecular complexity index is 1030. The molecule has 2 aliphatic rings. The van der Waals surface area contributed by atoms with Crippen LogP contribution in [-0.4, -0.2) is 34.8 Å². The lowest BCUT2D eigenvalue weighted by Gasteiger charge is -2.39. The lowest BCUT2D eigenvalue weighted by molar-refractivity contribution is 0.0358. The Hall–Kier alpha value is -2.84. The molecule has 0 radical (unpaired) electrons. The van der Waals surface area contributed by atoms with Crippen molar-refractivity contribution < 1.29 is 14.3 Å². The Morgan fingerprint density at radius 2 is 1.68 bits per heavy atom. The largest absolute Gasteiger partial charge is 0.490 e. The van der Waals surface area contributed by atoms with Crippen LogP contribution in [0.15, 0.2) is 42.5 Å². The van der Waals surface area contributed by atoms with E-state index < -0.39 is 0 Å². The summed E-state index contributed by atoms with van der Waals surface area (Å²) in [6, 6.07) is 14.5. The third-order valence-corrected chi connectivity index (χ3v) is 6.54. The summed E-state index contributed by atoms with van der Waals surface area (Å²) in [6.07, 6.45) is 3.48. The van der Waals surface area contributed by atoms with Crippen LogP contribution in [0, 0.1) is 17.2 Å². The fourth-order valence-electron chi connectivity index (χ4n) is 4.67. The highest BCUT2D eigenvalue weighted by atomic mass is 35.5. The predicted molar refractivity (Wildman–Crippen MR) is 118 cm³/mol. The summed E-state index contributed by atoms with van der Waals surface area (Å²) >= 11 is 6.12. The topological polar surface area (TPSA) is 70.4 Å². The maximum absolute atomic E-state index is 13.2. The first-order valence-corrected chi connectivity index (χ1v) is 11.1. The average molecular weight is 437 g/mol. The van der Waals surface area contributed by atoms with Crippen LogP contribution in [0.4, 0.5) is 0 Å². The van der Waals surface area contributed by atoms with E-state index in [1.54, 1.807) is 42.5 Å². The molecule has 1 amide bonds. The standard InChI is InChI=1S/C25H25ClN2O3/c1-15(2)24(29)16-3-5-17(6-4-16)25(30)28-19-8-9-20(28)12-22(11-19)31-21-10-7-18(14-27)23(26)13-21/h3-7,10,13,15,19-20,22H,8-9,11-12H2,1-2H3. The van der Waals surface area contributed by atoms with E-state index in [0.717, 1.165) is 25.7 Å². The summed E-state index contributed by atoms with van der Waals surface area (Å²) in [5.74, 6) is 0.692. The number of benzene rings is 2. The molecular formula is C25H25ClN2O3. The van der Waals surface area contributed by atoms with E-state index in [9.17, 15) is 9.59 Å². The SMILES string of the molecule is CC(C)C(=O)c1ccc(C(=O)N2C3CCC2CC(Oc2ccc(C#N)c(Cl)c2)C3)cc1. The molecule has 0 aliphatic carbocycles. The number of rotatable bonds is 5. The molecule has 2 aliphatic heterocycles. The van der Waals surface area contributed by atoms with Gasteiger partial charge in [-0.2, -0.15) is 5.26 Å². The second-order valence-corrected chi connectivity index (χ2v) is 9.07. The Balaban J connectivity index is 1.43. The van der Waals surface area contributed by atoms with E-state index in [1.807, 2.05) is 24.8 Å². The highest BCUT2D eigenvalue weighted by molar-refractivity contribution is 6.31. The van der Waals surface area contributed by atoms with Crippen LogP contribution < -0.4 is 4.74 Å². The number of halogens is 1. The van der Waals surface area contributed by atoms with Crippen LogP contribution in [0.2, 0.25) is 5.02 Å². The first kappa shape index (κ1) is 21.4. The molecule has 0 spiro atoms. The summed E-state index contributed by atoms with van der Waals surface area (Å²) < 4.78 is 6.15. The number of carbonyl (C=O) groups excluding carboxylic acids is 2. The van der Waals surface area contributed by atoms with Crippen LogP contribution in [0.25, 0.3) is 0 Å². The number of amides is 1. The van der Waals surface area contributed by atoms with Crippen molar-refractivity contribution in [2.24, 2.45) is 5.92 Å². The van der Waals surface area contributed by atoms with Crippen molar-refractivity contribution >= 4 is 23.3 Å². The lowest BCUT2D eigenvalue weighted by atomic mass is 9.97. The van der Waals surface area contributed by atoms with Gasteiger partial charge in [-0.3, -0.25) is 9.59 Å². The normalized spacial score (nSPS) is 22.3. The lowest BCUT2D eigenvalue weighted by Crippen LogP contribution is -2.49. The van der Waals surface area contributed by atoms with Gasteiger partial charge in [-0.15, -0.1) is 0 Å². The number of hydrogen-bond acceptors (Lipinski definition) is 4. The van der Waals surface area contributed by atoms with Crippen LogP contribution in [-0.2, 0) is 0 Å². The number of nitrogens with zero attached hydrogens (tertiary/aromatic N) is 2. The number of ether oxygens (including phenoxy) is 1. The smallest absolute Gasteiger partial charge is 0.254 e. The number of hydrogen-bond donors (Lipinski definition) is 0. The minimum Gasteiger partial charge on any atom is -0.490 e. The van der Waals surface area contributed by atoms with Crippen molar-refractivity contribution in [3.8, 4) is 11.8 Å². The number of piperidine rings is 1. The molecule has 2 bridgehead atoms. The molecule has 2 unspecified atom stereocenters. The Kier molecular flexibility index (Phi) is 6.02. The predicted octanol–water partition coefficient (Wildman–Crippen LogP) is 5.26. The van der Waals surface area contributed by atoms with Crippen LogP contribution in [0.1, 0.15) is 65.8 Å². The number of fused-ring (bicyclic) bond motifs is 2. The third-order valence-electron chi connectivity index (χ3n) is 6.23. The van der Waals surface area contributed by atoms with Crippen LogP contribution >= 0.6 is 11.6 Å². The van der Waals surface area contributed by atoms with Crippen molar-refractivity contribution in [3.05, 3.63) is 64.2 Å². The molecule has 2 aromatic rings. The maximum Gasteiger partial charge on any atom is 0.254 e. The van der Waals surface area contributed by atoms with Gasteiger partial charge < -0.3 is 9.64 Å². The molecule has 2 fully saturated rings. The first-order chi connectivity index (χ1) is 14.9. The third kappa shape index (κ3) is 4.31. The summed E-state index contributed by atoms with van der Waals surface area (Å²) in [5.41, 5.74) is 1.69. The van der Waals surface area contributed by atoms with E-state index in [4.69, 9.17) is 21.6 Å². The van der Waals surface area contributed by atoms with Crippen molar-refractivity contribution in [1.82, 2.24) is 4.90 Å². The van der Waals surface area contributed by atoms with Gasteiger partial charge in [-0.05, 0) is 37.1 Å². The van der Waals surface area contributed by atoms with Crippen molar-refractivity contribution in [3.63, 3.8) is 0 Å². The van der Waals surface area contributed by atoms with Crippen LogP contribution in [0.5, 0.6) is 5.75 Å².